The maximum Gasteiger partial charge on any atom is 0.261 e. The summed E-state index contributed by atoms with van der Waals surface area (Å²) in [5, 5.41) is 3.68. The molecule has 0 aliphatic rings. The van der Waals surface area contributed by atoms with Crippen LogP contribution in [0.2, 0.25) is 5.02 Å². The van der Waals surface area contributed by atoms with E-state index < -0.39 is 11.6 Å². The Labute approximate surface area is 224 Å². The summed E-state index contributed by atoms with van der Waals surface area (Å²) in [7, 11) is 1.60. The van der Waals surface area contributed by atoms with E-state index in [0.717, 1.165) is 16.7 Å². The van der Waals surface area contributed by atoms with Crippen LogP contribution in [0.25, 0.3) is 0 Å². The number of halogens is 1. The molecule has 6 nitrogen and oxygen atoms in total. The van der Waals surface area contributed by atoms with Crippen LogP contribution in [-0.4, -0.2) is 42.0 Å². The van der Waals surface area contributed by atoms with Crippen molar-refractivity contribution >= 4 is 23.4 Å². The summed E-state index contributed by atoms with van der Waals surface area (Å²) in [4.78, 5) is 28.9. The van der Waals surface area contributed by atoms with Crippen LogP contribution in [0.15, 0.2) is 72.8 Å². The van der Waals surface area contributed by atoms with E-state index in [1.54, 1.807) is 30.2 Å². The Morgan fingerprint density at radius 3 is 2.30 bits per heavy atom. The average molecular weight is 523 g/mol. The monoisotopic (exact) mass is 522 g/mol. The molecule has 0 fully saturated rings. The molecule has 1 atom stereocenters. The van der Waals surface area contributed by atoms with E-state index in [4.69, 9.17) is 21.1 Å². The minimum atomic E-state index is -0.754. The minimum Gasteiger partial charge on any atom is -0.497 e. The topological polar surface area (TPSA) is 67.9 Å². The van der Waals surface area contributed by atoms with Crippen molar-refractivity contribution < 1.29 is 19.1 Å². The standard InChI is InChI=1S/C30H35ClN2O4/c1-21-16-25(14-15-26(21)31)37-20-28(34)33(19-23-12-9-13-24(17-23)36-5)27(29(35)32-30(2,3)4)18-22-10-7-6-8-11-22/h6-17,27H,18-20H2,1-5H3,(H,32,35)/t27-/m0/s1. The molecule has 2 amide bonds. The average Bonchev–Trinajstić information content (AvgIpc) is 2.86. The van der Waals surface area contributed by atoms with Gasteiger partial charge in [0.25, 0.3) is 5.91 Å². The number of ether oxygens (including phenoxy) is 2. The molecule has 0 bridgehead atoms. The number of rotatable bonds is 10. The summed E-state index contributed by atoms with van der Waals surface area (Å²) in [5.74, 6) is 0.683. The van der Waals surface area contributed by atoms with Crippen molar-refractivity contribution in [3.05, 3.63) is 94.5 Å². The van der Waals surface area contributed by atoms with Gasteiger partial charge in [0.05, 0.1) is 7.11 Å². The molecule has 0 unspecified atom stereocenters. The van der Waals surface area contributed by atoms with Crippen molar-refractivity contribution in [2.75, 3.05) is 13.7 Å². The van der Waals surface area contributed by atoms with Gasteiger partial charge >= 0.3 is 0 Å². The number of aryl methyl sites for hydroxylation is 1. The van der Waals surface area contributed by atoms with Crippen LogP contribution in [0, 0.1) is 6.92 Å². The zero-order valence-corrected chi connectivity index (χ0v) is 22.8. The molecule has 37 heavy (non-hydrogen) atoms. The highest BCUT2D eigenvalue weighted by molar-refractivity contribution is 6.31. The summed E-state index contributed by atoms with van der Waals surface area (Å²) in [5.41, 5.74) is 2.19. The molecule has 0 aliphatic carbocycles. The largest absolute Gasteiger partial charge is 0.497 e. The van der Waals surface area contributed by atoms with E-state index in [9.17, 15) is 9.59 Å². The van der Waals surface area contributed by atoms with E-state index in [0.29, 0.717) is 22.9 Å². The quantitative estimate of drug-likeness (QED) is 0.377. The molecule has 0 aliphatic heterocycles. The lowest BCUT2D eigenvalue weighted by Gasteiger charge is -2.33. The van der Waals surface area contributed by atoms with Gasteiger partial charge in [-0.05, 0) is 74.7 Å². The lowest BCUT2D eigenvalue weighted by atomic mass is 10.0. The molecule has 3 aromatic carbocycles. The second kappa shape index (κ2) is 12.6. The lowest BCUT2D eigenvalue weighted by Crippen LogP contribution is -2.55. The Morgan fingerprint density at radius 2 is 1.65 bits per heavy atom. The summed E-state index contributed by atoms with van der Waals surface area (Å²) >= 11 is 6.13. The molecule has 3 aromatic rings. The molecular formula is C30H35ClN2O4. The van der Waals surface area contributed by atoms with Gasteiger partial charge in [-0.25, -0.2) is 0 Å². The first kappa shape index (κ1) is 28.1. The molecular weight excluding hydrogens is 488 g/mol. The molecule has 1 N–H and O–H groups in total. The van der Waals surface area contributed by atoms with Crippen LogP contribution >= 0.6 is 11.6 Å². The van der Waals surface area contributed by atoms with E-state index in [-0.39, 0.29) is 25.0 Å². The molecule has 0 aromatic heterocycles. The molecule has 196 valence electrons. The van der Waals surface area contributed by atoms with E-state index in [1.807, 2.05) is 82.3 Å². The Kier molecular flexibility index (Phi) is 9.59. The van der Waals surface area contributed by atoms with Crippen LogP contribution in [-0.2, 0) is 22.6 Å². The van der Waals surface area contributed by atoms with Gasteiger partial charge < -0.3 is 19.7 Å². The van der Waals surface area contributed by atoms with Crippen molar-refractivity contribution in [1.29, 1.82) is 0 Å². The molecule has 0 saturated heterocycles. The van der Waals surface area contributed by atoms with Gasteiger partial charge in [0.2, 0.25) is 5.91 Å². The predicted molar refractivity (Wildman–Crippen MR) is 147 cm³/mol. The number of carbonyl (C=O) groups is 2. The third-order valence-corrected chi connectivity index (χ3v) is 6.17. The van der Waals surface area contributed by atoms with Gasteiger partial charge in [-0.3, -0.25) is 9.59 Å². The van der Waals surface area contributed by atoms with Crippen molar-refractivity contribution in [1.82, 2.24) is 10.2 Å². The summed E-state index contributed by atoms with van der Waals surface area (Å²) in [6.07, 6.45) is 0.360. The summed E-state index contributed by atoms with van der Waals surface area (Å²) < 4.78 is 11.2. The van der Waals surface area contributed by atoms with Gasteiger partial charge in [-0.2, -0.15) is 0 Å². The van der Waals surface area contributed by atoms with Crippen molar-refractivity contribution in [2.24, 2.45) is 0 Å². The Bertz CT molecular complexity index is 1210. The van der Waals surface area contributed by atoms with E-state index in [1.165, 1.54) is 0 Å². The molecule has 7 heteroatoms. The lowest BCUT2D eigenvalue weighted by molar-refractivity contribution is -0.143. The number of hydrogen-bond donors (Lipinski definition) is 1. The molecule has 0 saturated carbocycles. The third kappa shape index (κ3) is 8.53. The van der Waals surface area contributed by atoms with Gasteiger partial charge in [-0.1, -0.05) is 54.1 Å². The van der Waals surface area contributed by atoms with Crippen LogP contribution in [0.5, 0.6) is 11.5 Å². The number of benzene rings is 3. The second-order valence-electron chi connectivity index (χ2n) is 10.0. The predicted octanol–water partition coefficient (Wildman–Crippen LogP) is 5.59. The highest BCUT2D eigenvalue weighted by atomic mass is 35.5. The normalized spacial score (nSPS) is 11.9. The van der Waals surface area contributed by atoms with Crippen LogP contribution in [0.4, 0.5) is 0 Å². The highest BCUT2D eigenvalue weighted by Gasteiger charge is 2.32. The smallest absolute Gasteiger partial charge is 0.261 e. The zero-order chi connectivity index (χ0) is 27.0. The first-order valence-corrected chi connectivity index (χ1v) is 12.6. The fourth-order valence-electron chi connectivity index (χ4n) is 3.91. The molecule has 0 heterocycles. The first-order valence-electron chi connectivity index (χ1n) is 12.2. The Hall–Kier alpha value is -3.51. The molecule has 0 spiro atoms. The summed E-state index contributed by atoms with van der Waals surface area (Å²) in [6.45, 7) is 7.63. The second-order valence-corrected chi connectivity index (χ2v) is 10.4. The van der Waals surface area contributed by atoms with Crippen molar-refractivity contribution in [3.63, 3.8) is 0 Å². The van der Waals surface area contributed by atoms with Crippen molar-refractivity contribution in [3.8, 4) is 11.5 Å². The van der Waals surface area contributed by atoms with Crippen LogP contribution < -0.4 is 14.8 Å². The number of hydrogen-bond acceptors (Lipinski definition) is 4. The van der Waals surface area contributed by atoms with Gasteiger partial charge in [0, 0.05) is 23.5 Å². The Morgan fingerprint density at radius 1 is 0.946 bits per heavy atom. The van der Waals surface area contributed by atoms with Crippen LogP contribution in [0.1, 0.15) is 37.5 Å². The van der Waals surface area contributed by atoms with E-state index in [2.05, 4.69) is 5.32 Å². The third-order valence-electron chi connectivity index (χ3n) is 5.75. The van der Waals surface area contributed by atoms with Gasteiger partial charge in [-0.15, -0.1) is 0 Å². The fraction of sp³-hybridized carbons (Fsp3) is 0.333. The maximum absolute atomic E-state index is 13.7. The molecule has 0 radical (unpaired) electrons. The summed E-state index contributed by atoms with van der Waals surface area (Å²) in [6, 6.07) is 21.7. The minimum absolute atomic E-state index is 0.216. The maximum atomic E-state index is 13.7. The number of methoxy groups -OCH3 is 1. The first-order chi connectivity index (χ1) is 17.6. The Balaban J connectivity index is 1.94. The number of nitrogens with zero attached hydrogens (tertiary/aromatic N) is 1. The number of nitrogens with one attached hydrogen (secondary N) is 1. The fourth-order valence-corrected chi connectivity index (χ4v) is 4.03. The number of carbonyl (C=O) groups excluding carboxylic acids is 2. The van der Waals surface area contributed by atoms with Crippen LogP contribution in [0.3, 0.4) is 0 Å². The molecule has 3 rings (SSSR count). The number of amides is 2. The zero-order valence-electron chi connectivity index (χ0n) is 22.1. The van der Waals surface area contributed by atoms with Crippen molar-refractivity contribution in [2.45, 2.75) is 52.2 Å². The highest BCUT2D eigenvalue weighted by Crippen LogP contribution is 2.22. The van der Waals surface area contributed by atoms with Gasteiger partial charge in [0.1, 0.15) is 17.5 Å². The van der Waals surface area contributed by atoms with Gasteiger partial charge in [0.15, 0.2) is 6.61 Å². The SMILES string of the molecule is COc1cccc(CN(C(=O)COc2ccc(Cl)c(C)c2)[C@@H](Cc2ccccc2)C(=O)NC(C)(C)C)c1. The van der Waals surface area contributed by atoms with E-state index >= 15 is 0 Å².